The number of para-hydroxylation sites is 2. The summed E-state index contributed by atoms with van der Waals surface area (Å²) in [4.78, 5) is 27.6. The fourth-order valence-electron chi connectivity index (χ4n) is 4.02. The molecule has 1 heterocycles. The molecule has 2 N–H and O–H groups in total. The van der Waals surface area contributed by atoms with Crippen LogP contribution >= 0.6 is 0 Å². The second-order valence-electron chi connectivity index (χ2n) is 7.55. The Kier molecular flexibility index (Phi) is 5.14. The van der Waals surface area contributed by atoms with Gasteiger partial charge < -0.3 is 10.4 Å². The fourth-order valence-corrected chi connectivity index (χ4v) is 4.02. The van der Waals surface area contributed by atoms with E-state index in [4.69, 9.17) is 0 Å². The highest BCUT2D eigenvalue weighted by Gasteiger charge is 2.51. The van der Waals surface area contributed by atoms with Crippen molar-refractivity contribution in [1.29, 1.82) is 0 Å². The zero-order valence-corrected chi connectivity index (χ0v) is 17.1. The highest BCUT2D eigenvalue weighted by atomic mass is 16.3. The first-order chi connectivity index (χ1) is 14.4. The first-order valence-corrected chi connectivity index (χ1v) is 10.0. The molecule has 4 rings (SSSR count). The van der Waals surface area contributed by atoms with Crippen LogP contribution in [0.5, 0.6) is 0 Å². The Morgan fingerprint density at radius 1 is 1.03 bits per heavy atom. The molecule has 0 aromatic heterocycles. The SMILES string of the molecule is CCc1ccccc1NC(=O)CN1C(=O)[C@@](O)(c2cccc(C)c2)c2ccccc21. The lowest BCUT2D eigenvalue weighted by atomic mass is 9.87. The molecule has 0 radical (unpaired) electrons. The van der Waals surface area contributed by atoms with Crippen molar-refractivity contribution >= 4 is 23.2 Å². The van der Waals surface area contributed by atoms with Crippen LogP contribution in [0.25, 0.3) is 0 Å². The van der Waals surface area contributed by atoms with Crippen molar-refractivity contribution in [2.24, 2.45) is 0 Å². The molecule has 30 heavy (non-hydrogen) atoms. The summed E-state index contributed by atoms with van der Waals surface area (Å²) in [6.45, 7) is 3.75. The number of carbonyl (C=O) groups excluding carboxylic acids is 2. The van der Waals surface area contributed by atoms with Gasteiger partial charge in [0.2, 0.25) is 5.91 Å². The number of anilines is 2. The molecule has 3 aromatic rings. The number of aryl methyl sites for hydroxylation is 2. The number of rotatable bonds is 5. The minimum absolute atomic E-state index is 0.179. The van der Waals surface area contributed by atoms with Crippen molar-refractivity contribution < 1.29 is 14.7 Å². The summed E-state index contributed by atoms with van der Waals surface area (Å²) in [5.74, 6) is -0.833. The van der Waals surface area contributed by atoms with Gasteiger partial charge in [-0.1, -0.05) is 73.2 Å². The van der Waals surface area contributed by atoms with E-state index in [9.17, 15) is 14.7 Å². The van der Waals surface area contributed by atoms with Crippen LogP contribution in [0.2, 0.25) is 0 Å². The average molecular weight is 400 g/mol. The lowest BCUT2D eigenvalue weighted by Crippen LogP contribution is -2.44. The van der Waals surface area contributed by atoms with Crippen molar-refractivity contribution in [3.8, 4) is 0 Å². The normalized spacial score (nSPS) is 17.7. The van der Waals surface area contributed by atoms with Crippen molar-refractivity contribution in [2.45, 2.75) is 25.9 Å². The lowest BCUT2D eigenvalue weighted by Gasteiger charge is -2.24. The highest BCUT2D eigenvalue weighted by molar-refractivity contribution is 6.12. The Morgan fingerprint density at radius 2 is 1.77 bits per heavy atom. The van der Waals surface area contributed by atoms with E-state index in [-0.39, 0.29) is 12.5 Å². The molecular formula is C25H24N2O3. The van der Waals surface area contributed by atoms with Gasteiger partial charge in [-0.25, -0.2) is 0 Å². The van der Waals surface area contributed by atoms with Gasteiger partial charge in [0.1, 0.15) is 6.54 Å². The zero-order valence-electron chi connectivity index (χ0n) is 17.1. The van der Waals surface area contributed by atoms with E-state index in [1.165, 1.54) is 4.90 Å². The molecule has 0 aliphatic carbocycles. The largest absolute Gasteiger partial charge is 0.372 e. The van der Waals surface area contributed by atoms with Gasteiger partial charge in [0.15, 0.2) is 5.60 Å². The standard InChI is InChI=1S/C25H24N2O3/c1-3-18-10-4-6-13-21(18)26-23(28)16-27-22-14-7-5-12-20(22)25(30,24(27)29)19-11-8-9-17(2)15-19/h4-15,30H,3,16H2,1-2H3,(H,26,28)/t25-/m1/s1. The molecular weight excluding hydrogens is 376 g/mol. The van der Waals surface area contributed by atoms with E-state index in [1.54, 1.807) is 36.4 Å². The summed E-state index contributed by atoms with van der Waals surface area (Å²) in [5.41, 5.74) is 2.42. The monoisotopic (exact) mass is 400 g/mol. The Balaban J connectivity index is 1.66. The Bertz CT molecular complexity index is 1120. The van der Waals surface area contributed by atoms with E-state index in [1.807, 2.05) is 50.2 Å². The summed E-state index contributed by atoms with van der Waals surface area (Å²) in [5, 5.41) is 14.4. The van der Waals surface area contributed by atoms with E-state index in [0.29, 0.717) is 16.8 Å². The third kappa shape index (κ3) is 3.27. The predicted octanol–water partition coefficient (Wildman–Crippen LogP) is 3.78. The smallest absolute Gasteiger partial charge is 0.268 e. The van der Waals surface area contributed by atoms with E-state index >= 15 is 0 Å². The van der Waals surface area contributed by atoms with Crippen LogP contribution in [-0.2, 0) is 21.6 Å². The van der Waals surface area contributed by atoms with Crippen molar-refractivity contribution in [1.82, 2.24) is 0 Å². The van der Waals surface area contributed by atoms with E-state index in [0.717, 1.165) is 23.2 Å². The van der Waals surface area contributed by atoms with Crippen LogP contribution in [0.3, 0.4) is 0 Å². The number of carbonyl (C=O) groups is 2. The zero-order chi connectivity index (χ0) is 21.3. The van der Waals surface area contributed by atoms with Crippen LogP contribution in [0, 0.1) is 6.92 Å². The number of benzene rings is 3. The lowest BCUT2D eigenvalue weighted by molar-refractivity contribution is -0.133. The second-order valence-corrected chi connectivity index (χ2v) is 7.55. The molecule has 0 unspecified atom stereocenters. The first kappa shape index (κ1) is 19.9. The molecule has 1 aliphatic heterocycles. The molecule has 0 saturated carbocycles. The summed E-state index contributed by atoms with van der Waals surface area (Å²) in [6, 6.07) is 21.9. The maximum Gasteiger partial charge on any atom is 0.268 e. The van der Waals surface area contributed by atoms with Gasteiger partial charge in [-0.3, -0.25) is 14.5 Å². The number of amides is 2. The maximum atomic E-state index is 13.4. The van der Waals surface area contributed by atoms with Gasteiger partial charge in [-0.15, -0.1) is 0 Å². The third-order valence-corrected chi connectivity index (χ3v) is 5.55. The van der Waals surface area contributed by atoms with Gasteiger partial charge >= 0.3 is 0 Å². The molecule has 152 valence electrons. The van der Waals surface area contributed by atoms with Gasteiger partial charge in [0.05, 0.1) is 5.69 Å². The molecule has 1 atom stereocenters. The number of fused-ring (bicyclic) bond motifs is 1. The first-order valence-electron chi connectivity index (χ1n) is 10.0. The molecule has 5 nitrogen and oxygen atoms in total. The molecule has 0 bridgehead atoms. The summed E-state index contributed by atoms with van der Waals surface area (Å²) >= 11 is 0. The van der Waals surface area contributed by atoms with Crippen LogP contribution in [0.1, 0.15) is 29.2 Å². The molecule has 3 aromatic carbocycles. The number of nitrogens with one attached hydrogen (secondary N) is 1. The predicted molar refractivity (Wildman–Crippen MR) is 117 cm³/mol. The number of hydrogen-bond donors (Lipinski definition) is 2. The minimum atomic E-state index is -1.82. The molecule has 2 amide bonds. The van der Waals surface area contributed by atoms with Crippen LogP contribution in [0.4, 0.5) is 11.4 Å². The third-order valence-electron chi connectivity index (χ3n) is 5.55. The number of aliphatic hydroxyl groups is 1. The van der Waals surface area contributed by atoms with E-state index < -0.39 is 11.5 Å². The van der Waals surface area contributed by atoms with Gasteiger partial charge in [0, 0.05) is 11.3 Å². The number of hydrogen-bond acceptors (Lipinski definition) is 3. The van der Waals surface area contributed by atoms with Crippen molar-refractivity contribution in [3.05, 3.63) is 95.1 Å². The molecule has 1 aliphatic rings. The molecule has 0 saturated heterocycles. The van der Waals surface area contributed by atoms with Gasteiger partial charge in [-0.2, -0.15) is 0 Å². The Morgan fingerprint density at radius 3 is 2.53 bits per heavy atom. The molecule has 5 heteroatoms. The van der Waals surface area contributed by atoms with Crippen LogP contribution in [0.15, 0.2) is 72.8 Å². The Hall–Kier alpha value is -3.44. The summed E-state index contributed by atoms with van der Waals surface area (Å²) in [7, 11) is 0. The van der Waals surface area contributed by atoms with Crippen LogP contribution < -0.4 is 10.2 Å². The van der Waals surface area contributed by atoms with Crippen molar-refractivity contribution in [3.63, 3.8) is 0 Å². The maximum absolute atomic E-state index is 13.4. The summed E-state index contributed by atoms with van der Waals surface area (Å²) in [6.07, 6.45) is 0.787. The van der Waals surface area contributed by atoms with Gasteiger partial charge in [0.25, 0.3) is 5.91 Å². The van der Waals surface area contributed by atoms with Crippen LogP contribution in [-0.4, -0.2) is 23.5 Å². The quantitative estimate of drug-likeness (QED) is 0.685. The number of nitrogens with zero attached hydrogens (tertiary/aromatic N) is 1. The topological polar surface area (TPSA) is 69.6 Å². The Labute approximate surface area is 176 Å². The minimum Gasteiger partial charge on any atom is -0.372 e. The fraction of sp³-hybridized carbons (Fsp3) is 0.200. The molecule has 0 spiro atoms. The highest BCUT2D eigenvalue weighted by Crippen LogP contribution is 2.44. The second kappa shape index (κ2) is 7.76. The van der Waals surface area contributed by atoms with E-state index in [2.05, 4.69) is 5.32 Å². The summed E-state index contributed by atoms with van der Waals surface area (Å²) < 4.78 is 0. The molecule has 0 fully saturated rings. The van der Waals surface area contributed by atoms with Gasteiger partial charge in [-0.05, 0) is 36.6 Å². The van der Waals surface area contributed by atoms with Crippen molar-refractivity contribution in [2.75, 3.05) is 16.8 Å². The average Bonchev–Trinajstić information content (AvgIpc) is 2.97.